The van der Waals surface area contributed by atoms with E-state index < -0.39 is 0 Å². The number of phenols is 1. The van der Waals surface area contributed by atoms with E-state index in [1.54, 1.807) is 12.3 Å². The molecular formula is C17H19NO. The minimum atomic E-state index is 0.229. The van der Waals surface area contributed by atoms with E-state index in [0.717, 1.165) is 18.4 Å². The lowest BCUT2D eigenvalue weighted by Crippen LogP contribution is -1.85. The van der Waals surface area contributed by atoms with Crippen LogP contribution in [-0.2, 0) is 6.42 Å². The molecule has 0 bridgehead atoms. The summed E-state index contributed by atoms with van der Waals surface area (Å²) >= 11 is 0. The van der Waals surface area contributed by atoms with Gasteiger partial charge in [-0.15, -0.1) is 0 Å². The van der Waals surface area contributed by atoms with E-state index in [9.17, 15) is 5.11 Å². The van der Waals surface area contributed by atoms with Gasteiger partial charge in [0.2, 0.25) is 0 Å². The highest BCUT2D eigenvalue weighted by molar-refractivity contribution is 5.82. The van der Waals surface area contributed by atoms with E-state index in [0.29, 0.717) is 5.69 Å². The molecule has 0 heterocycles. The highest BCUT2D eigenvalue weighted by atomic mass is 16.3. The molecule has 0 fully saturated rings. The van der Waals surface area contributed by atoms with Crippen molar-refractivity contribution in [2.75, 3.05) is 0 Å². The Hall–Kier alpha value is -2.09. The van der Waals surface area contributed by atoms with Crippen LogP contribution in [0.15, 0.2) is 53.5 Å². The lowest BCUT2D eigenvalue weighted by atomic mass is 10.1. The van der Waals surface area contributed by atoms with Crippen molar-refractivity contribution in [2.24, 2.45) is 4.99 Å². The molecule has 0 aliphatic heterocycles. The molecule has 0 unspecified atom stereocenters. The Labute approximate surface area is 114 Å². The molecule has 19 heavy (non-hydrogen) atoms. The third-order valence-corrected chi connectivity index (χ3v) is 3.01. The maximum atomic E-state index is 9.82. The minimum Gasteiger partial charge on any atom is -0.506 e. The topological polar surface area (TPSA) is 32.6 Å². The van der Waals surface area contributed by atoms with Crippen molar-refractivity contribution < 1.29 is 5.11 Å². The number of hydrogen-bond donors (Lipinski definition) is 1. The van der Waals surface area contributed by atoms with Gasteiger partial charge in [-0.3, -0.25) is 4.99 Å². The normalized spacial score (nSPS) is 11.0. The van der Waals surface area contributed by atoms with Crippen LogP contribution in [0.4, 0.5) is 5.69 Å². The van der Waals surface area contributed by atoms with Gasteiger partial charge >= 0.3 is 0 Å². The molecule has 0 aliphatic rings. The summed E-state index contributed by atoms with van der Waals surface area (Å²) in [6.45, 7) is 2.18. The average Bonchev–Trinajstić information content (AvgIpc) is 2.46. The molecule has 2 nitrogen and oxygen atoms in total. The Bertz CT molecular complexity index is 546. The van der Waals surface area contributed by atoms with Gasteiger partial charge in [0.05, 0.1) is 0 Å². The maximum absolute atomic E-state index is 9.82. The van der Waals surface area contributed by atoms with Gasteiger partial charge in [-0.1, -0.05) is 49.7 Å². The zero-order valence-corrected chi connectivity index (χ0v) is 11.2. The molecule has 1 N–H and O–H groups in total. The van der Waals surface area contributed by atoms with Gasteiger partial charge < -0.3 is 5.11 Å². The van der Waals surface area contributed by atoms with E-state index in [4.69, 9.17) is 0 Å². The highest BCUT2D eigenvalue weighted by Gasteiger charge is 2.01. The van der Waals surface area contributed by atoms with Gasteiger partial charge in [-0.05, 0) is 36.1 Å². The van der Waals surface area contributed by atoms with Crippen molar-refractivity contribution in [2.45, 2.75) is 26.2 Å². The number of unbranched alkanes of at least 4 members (excludes halogenated alkanes) is 1. The fourth-order valence-corrected chi connectivity index (χ4v) is 1.89. The van der Waals surface area contributed by atoms with Crippen LogP contribution in [0.25, 0.3) is 0 Å². The number of aliphatic imine (C=N–C) groups is 1. The first-order valence-corrected chi connectivity index (χ1v) is 6.70. The van der Waals surface area contributed by atoms with Crippen molar-refractivity contribution in [3.63, 3.8) is 0 Å². The second kappa shape index (κ2) is 6.74. The second-order valence-corrected chi connectivity index (χ2v) is 4.60. The Morgan fingerprint density at radius 1 is 1.11 bits per heavy atom. The third-order valence-electron chi connectivity index (χ3n) is 3.01. The molecule has 98 valence electrons. The summed E-state index contributed by atoms with van der Waals surface area (Å²) < 4.78 is 0. The zero-order valence-electron chi connectivity index (χ0n) is 11.2. The summed E-state index contributed by atoms with van der Waals surface area (Å²) in [5, 5.41) is 9.82. The SMILES string of the molecule is CCCCc1ccc(O)c(/N=C/c2ccccc2)c1. The van der Waals surface area contributed by atoms with Crippen molar-refractivity contribution >= 4 is 11.9 Å². The number of aromatic hydroxyl groups is 1. The van der Waals surface area contributed by atoms with Crippen LogP contribution in [0.3, 0.4) is 0 Å². The third kappa shape index (κ3) is 3.95. The molecule has 0 aliphatic carbocycles. The van der Waals surface area contributed by atoms with Crippen LogP contribution < -0.4 is 0 Å². The maximum Gasteiger partial charge on any atom is 0.141 e. The van der Waals surface area contributed by atoms with E-state index in [2.05, 4.69) is 11.9 Å². The first kappa shape index (κ1) is 13.3. The predicted octanol–water partition coefficient (Wildman–Crippen LogP) is 4.49. The quantitative estimate of drug-likeness (QED) is 0.783. The molecule has 0 saturated heterocycles. The number of nitrogens with zero attached hydrogens (tertiary/aromatic N) is 1. The Morgan fingerprint density at radius 3 is 2.63 bits per heavy atom. The first-order chi connectivity index (χ1) is 9.29. The molecule has 0 amide bonds. The summed E-state index contributed by atoms with van der Waals surface area (Å²) in [5.41, 5.74) is 2.89. The predicted molar refractivity (Wildman–Crippen MR) is 80.4 cm³/mol. The fraction of sp³-hybridized carbons (Fsp3) is 0.235. The summed E-state index contributed by atoms with van der Waals surface area (Å²) in [7, 11) is 0. The van der Waals surface area contributed by atoms with Crippen LogP contribution in [0, 0.1) is 0 Å². The smallest absolute Gasteiger partial charge is 0.141 e. The standard InChI is InChI=1S/C17H19NO/c1-2-3-7-14-10-11-17(19)16(12-14)18-13-15-8-5-4-6-9-15/h4-6,8-13,19H,2-3,7H2,1H3/b18-13+. The van der Waals surface area contributed by atoms with Crippen LogP contribution in [0.1, 0.15) is 30.9 Å². The van der Waals surface area contributed by atoms with Crippen LogP contribution in [0.5, 0.6) is 5.75 Å². The van der Waals surface area contributed by atoms with Crippen molar-refractivity contribution in [1.82, 2.24) is 0 Å². The van der Waals surface area contributed by atoms with E-state index >= 15 is 0 Å². The average molecular weight is 253 g/mol. The van der Waals surface area contributed by atoms with Crippen LogP contribution in [0.2, 0.25) is 0 Å². The minimum absolute atomic E-state index is 0.229. The molecule has 0 spiro atoms. The molecule has 2 aromatic carbocycles. The van der Waals surface area contributed by atoms with Gasteiger partial charge in [0.1, 0.15) is 11.4 Å². The van der Waals surface area contributed by atoms with Crippen LogP contribution >= 0.6 is 0 Å². The molecule has 2 rings (SSSR count). The molecule has 0 radical (unpaired) electrons. The molecule has 0 saturated carbocycles. The summed E-state index contributed by atoms with van der Waals surface area (Å²) in [4.78, 5) is 4.37. The van der Waals surface area contributed by atoms with E-state index in [-0.39, 0.29) is 5.75 Å². The van der Waals surface area contributed by atoms with Gasteiger partial charge in [-0.25, -0.2) is 0 Å². The molecule has 2 aromatic rings. The van der Waals surface area contributed by atoms with Gasteiger partial charge in [0, 0.05) is 6.21 Å². The lowest BCUT2D eigenvalue weighted by Gasteiger charge is -2.03. The van der Waals surface area contributed by atoms with Gasteiger partial charge in [0.15, 0.2) is 0 Å². The fourth-order valence-electron chi connectivity index (χ4n) is 1.89. The summed E-state index contributed by atoms with van der Waals surface area (Å²) in [6.07, 6.45) is 5.14. The van der Waals surface area contributed by atoms with Crippen molar-refractivity contribution in [3.8, 4) is 5.75 Å². The summed E-state index contributed by atoms with van der Waals surface area (Å²) in [6, 6.07) is 15.5. The van der Waals surface area contributed by atoms with Crippen molar-refractivity contribution in [3.05, 3.63) is 59.7 Å². The zero-order chi connectivity index (χ0) is 13.5. The Morgan fingerprint density at radius 2 is 1.89 bits per heavy atom. The molecular weight excluding hydrogens is 234 g/mol. The number of hydrogen-bond acceptors (Lipinski definition) is 2. The van der Waals surface area contributed by atoms with E-state index in [1.807, 2.05) is 42.5 Å². The molecule has 2 heteroatoms. The Kier molecular flexibility index (Phi) is 4.73. The van der Waals surface area contributed by atoms with E-state index in [1.165, 1.54) is 12.0 Å². The first-order valence-electron chi connectivity index (χ1n) is 6.70. The molecule has 0 aromatic heterocycles. The number of benzene rings is 2. The second-order valence-electron chi connectivity index (χ2n) is 4.60. The van der Waals surface area contributed by atoms with Crippen LogP contribution in [-0.4, -0.2) is 11.3 Å². The monoisotopic (exact) mass is 253 g/mol. The number of phenolic OH excluding ortho intramolecular Hbond substituents is 1. The lowest BCUT2D eigenvalue weighted by molar-refractivity contribution is 0.476. The van der Waals surface area contributed by atoms with Crippen molar-refractivity contribution in [1.29, 1.82) is 0 Å². The summed E-state index contributed by atoms with van der Waals surface area (Å²) in [5.74, 6) is 0.229. The van der Waals surface area contributed by atoms with Gasteiger partial charge in [0.25, 0.3) is 0 Å². The number of rotatable bonds is 5. The van der Waals surface area contributed by atoms with Gasteiger partial charge in [-0.2, -0.15) is 0 Å². The Balaban J connectivity index is 2.17. The highest BCUT2D eigenvalue weighted by Crippen LogP contribution is 2.27. The largest absolute Gasteiger partial charge is 0.506 e. The molecule has 0 atom stereocenters. The number of aryl methyl sites for hydroxylation is 1.